The number of amides is 1. The number of aromatic nitrogens is 3. The van der Waals surface area contributed by atoms with E-state index in [1.54, 1.807) is 25.7 Å². The van der Waals surface area contributed by atoms with E-state index >= 15 is 0 Å². The molecule has 0 aliphatic carbocycles. The summed E-state index contributed by atoms with van der Waals surface area (Å²) in [5.41, 5.74) is 3.24. The number of ether oxygens (including phenoxy) is 2. The molecule has 1 N–H and O–H groups in total. The first-order valence-electron chi connectivity index (χ1n) is 9.01. The molecule has 0 saturated carbocycles. The van der Waals surface area contributed by atoms with Crippen molar-refractivity contribution >= 4 is 17.1 Å². The minimum atomic E-state index is -0.194. The predicted molar refractivity (Wildman–Crippen MR) is 101 cm³/mol. The lowest BCUT2D eigenvalue weighted by atomic mass is 10.1. The van der Waals surface area contributed by atoms with Crippen LogP contribution in [0, 0.1) is 0 Å². The van der Waals surface area contributed by atoms with Crippen molar-refractivity contribution in [2.24, 2.45) is 0 Å². The van der Waals surface area contributed by atoms with Gasteiger partial charge in [0.05, 0.1) is 31.1 Å². The smallest absolute Gasteiger partial charge is 0.253 e. The van der Waals surface area contributed by atoms with E-state index < -0.39 is 0 Å². The normalized spacial score (nSPS) is 19.4. The zero-order valence-electron chi connectivity index (χ0n) is 15.2. The molecule has 1 fully saturated rings. The average molecular weight is 366 g/mol. The summed E-state index contributed by atoms with van der Waals surface area (Å²) in [6, 6.07) is 11.9. The van der Waals surface area contributed by atoms with Gasteiger partial charge in [-0.15, -0.1) is 0 Å². The third-order valence-corrected chi connectivity index (χ3v) is 4.85. The molecule has 1 saturated heterocycles. The average Bonchev–Trinajstić information content (AvgIpc) is 3.33. The molecular weight excluding hydrogens is 344 g/mol. The Balaban J connectivity index is 1.46. The molecule has 7 nitrogen and oxygen atoms in total. The molecule has 3 heterocycles. The van der Waals surface area contributed by atoms with Crippen molar-refractivity contribution in [3.05, 3.63) is 60.0 Å². The Morgan fingerprint density at radius 2 is 2.15 bits per heavy atom. The molecule has 0 bridgehead atoms. The zero-order valence-corrected chi connectivity index (χ0v) is 15.2. The van der Waals surface area contributed by atoms with Gasteiger partial charge in [0.15, 0.2) is 5.65 Å². The van der Waals surface area contributed by atoms with E-state index in [0.717, 1.165) is 18.6 Å². The number of pyridine rings is 1. The fourth-order valence-corrected chi connectivity index (χ4v) is 3.28. The summed E-state index contributed by atoms with van der Waals surface area (Å²) < 4.78 is 12.7. The minimum absolute atomic E-state index is 0.122. The van der Waals surface area contributed by atoms with Crippen LogP contribution in [0.25, 0.3) is 11.2 Å². The molecule has 4 rings (SSSR count). The molecule has 7 heteroatoms. The molecule has 140 valence electrons. The van der Waals surface area contributed by atoms with Gasteiger partial charge in [0, 0.05) is 19.9 Å². The van der Waals surface area contributed by atoms with Crippen LogP contribution in [0.3, 0.4) is 0 Å². The topological polar surface area (TPSA) is 78.3 Å². The molecule has 0 spiro atoms. The standard InChI is InChI=1S/C20H22N4O3/c1-26-18-12-27-11-17(18)23-20(25)15-9-16-19(21-10-15)24(13-22-16)8-7-14-5-3-2-4-6-14/h2-6,9-10,13,17-18H,7-8,11-12H2,1H3,(H,23,25)/t17-,18+/m0/s1. The van der Waals surface area contributed by atoms with Gasteiger partial charge in [-0.1, -0.05) is 30.3 Å². The third kappa shape index (κ3) is 3.84. The Kier molecular flexibility index (Phi) is 5.13. The van der Waals surface area contributed by atoms with Crippen molar-refractivity contribution in [1.82, 2.24) is 19.9 Å². The number of carbonyl (C=O) groups excluding carboxylic acids is 1. The number of aryl methyl sites for hydroxylation is 2. The van der Waals surface area contributed by atoms with Crippen LogP contribution < -0.4 is 5.32 Å². The summed E-state index contributed by atoms with van der Waals surface area (Å²) in [7, 11) is 1.62. The molecule has 27 heavy (non-hydrogen) atoms. The highest BCUT2D eigenvalue weighted by Gasteiger charge is 2.29. The lowest BCUT2D eigenvalue weighted by molar-refractivity contribution is 0.0685. The van der Waals surface area contributed by atoms with E-state index in [1.807, 2.05) is 22.8 Å². The number of nitrogens with zero attached hydrogens (tertiary/aromatic N) is 3. The monoisotopic (exact) mass is 366 g/mol. The molecule has 1 aliphatic rings. The van der Waals surface area contributed by atoms with Crippen LogP contribution in [-0.2, 0) is 22.4 Å². The highest BCUT2D eigenvalue weighted by molar-refractivity contribution is 5.96. The van der Waals surface area contributed by atoms with Crippen molar-refractivity contribution in [1.29, 1.82) is 0 Å². The van der Waals surface area contributed by atoms with Crippen LogP contribution in [0.2, 0.25) is 0 Å². The van der Waals surface area contributed by atoms with E-state index in [-0.39, 0.29) is 18.1 Å². The Labute approximate surface area is 157 Å². The summed E-state index contributed by atoms with van der Waals surface area (Å²) in [5, 5.41) is 2.95. The summed E-state index contributed by atoms with van der Waals surface area (Å²) in [6.07, 6.45) is 4.14. The number of nitrogens with one attached hydrogen (secondary N) is 1. The second-order valence-corrected chi connectivity index (χ2v) is 6.63. The van der Waals surface area contributed by atoms with Gasteiger partial charge in [0.1, 0.15) is 11.6 Å². The number of benzene rings is 1. The van der Waals surface area contributed by atoms with Crippen molar-refractivity contribution in [2.45, 2.75) is 25.1 Å². The van der Waals surface area contributed by atoms with Gasteiger partial charge in [-0.3, -0.25) is 4.79 Å². The molecule has 0 radical (unpaired) electrons. The lowest BCUT2D eigenvalue weighted by Gasteiger charge is -2.17. The summed E-state index contributed by atoms with van der Waals surface area (Å²) >= 11 is 0. The van der Waals surface area contributed by atoms with Crippen LogP contribution >= 0.6 is 0 Å². The highest BCUT2D eigenvalue weighted by Crippen LogP contribution is 2.15. The van der Waals surface area contributed by atoms with Crippen LogP contribution in [0.4, 0.5) is 0 Å². The van der Waals surface area contributed by atoms with Gasteiger partial charge in [-0.05, 0) is 18.1 Å². The van der Waals surface area contributed by atoms with Crippen molar-refractivity contribution < 1.29 is 14.3 Å². The number of rotatable bonds is 6. The van der Waals surface area contributed by atoms with Crippen LogP contribution in [0.5, 0.6) is 0 Å². The van der Waals surface area contributed by atoms with Crippen LogP contribution in [-0.4, -0.2) is 52.9 Å². The van der Waals surface area contributed by atoms with Crippen molar-refractivity contribution in [3.8, 4) is 0 Å². The van der Waals surface area contributed by atoms with Gasteiger partial charge in [-0.25, -0.2) is 9.97 Å². The van der Waals surface area contributed by atoms with E-state index in [2.05, 4.69) is 27.4 Å². The first-order valence-corrected chi connectivity index (χ1v) is 9.01. The second kappa shape index (κ2) is 7.85. The lowest BCUT2D eigenvalue weighted by Crippen LogP contribution is -2.43. The first-order chi connectivity index (χ1) is 13.2. The molecule has 2 atom stereocenters. The molecule has 1 aromatic carbocycles. The second-order valence-electron chi connectivity index (χ2n) is 6.63. The predicted octanol–water partition coefficient (Wildman–Crippen LogP) is 1.82. The molecule has 1 amide bonds. The number of carbonyl (C=O) groups is 1. The van der Waals surface area contributed by atoms with Crippen LogP contribution in [0.15, 0.2) is 48.9 Å². The fraction of sp³-hybridized carbons (Fsp3) is 0.350. The molecule has 2 aromatic heterocycles. The van der Waals surface area contributed by atoms with Gasteiger partial charge >= 0.3 is 0 Å². The molecule has 1 aliphatic heterocycles. The minimum Gasteiger partial charge on any atom is -0.377 e. The van der Waals surface area contributed by atoms with Gasteiger partial charge < -0.3 is 19.4 Å². The number of hydrogen-bond donors (Lipinski definition) is 1. The quantitative estimate of drug-likeness (QED) is 0.720. The molecule has 3 aromatic rings. The number of imidazole rings is 1. The Bertz CT molecular complexity index is 925. The SMILES string of the molecule is CO[C@@H]1COC[C@@H]1NC(=O)c1cnc2c(c1)ncn2CCc1ccccc1. The Hall–Kier alpha value is -2.77. The van der Waals surface area contributed by atoms with Gasteiger partial charge in [-0.2, -0.15) is 0 Å². The summed E-state index contributed by atoms with van der Waals surface area (Å²) in [6.45, 7) is 1.73. The number of methoxy groups -OCH3 is 1. The zero-order chi connectivity index (χ0) is 18.6. The maximum atomic E-state index is 12.5. The summed E-state index contributed by atoms with van der Waals surface area (Å²) in [5.74, 6) is -0.194. The third-order valence-electron chi connectivity index (χ3n) is 4.85. The molecular formula is C20H22N4O3. The number of fused-ring (bicyclic) bond motifs is 1. The maximum Gasteiger partial charge on any atom is 0.253 e. The highest BCUT2D eigenvalue weighted by atomic mass is 16.5. The van der Waals surface area contributed by atoms with Crippen LogP contribution in [0.1, 0.15) is 15.9 Å². The van der Waals surface area contributed by atoms with Crippen molar-refractivity contribution in [3.63, 3.8) is 0 Å². The Morgan fingerprint density at radius 1 is 1.30 bits per heavy atom. The van der Waals surface area contributed by atoms with E-state index in [4.69, 9.17) is 9.47 Å². The van der Waals surface area contributed by atoms with Gasteiger partial charge in [0.2, 0.25) is 0 Å². The van der Waals surface area contributed by atoms with Crippen molar-refractivity contribution in [2.75, 3.05) is 20.3 Å². The van der Waals surface area contributed by atoms with Gasteiger partial charge in [0.25, 0.3) is 5.91 Å². The van der Waals surface area contributed by atoms with E-state index in [9.17, 15) is 4.79 Å². The first kappa shape index (κ1) is 17.6. The summed E-state index contributed by atoms with van der Waals surface area (Å²) in [4.78, 5) is 21.4. The van der Waals surface area contributed by atoms with E-state index in [0.29, 0.717) is 24.3 Å². The maximum absolute atomic E-state index is 12.5. The largest absolute Gasteiger partial charge is 0.377 e. The Morgan fingerprint density at radius 3 is 2.96 bits per heavy atom. The van der Waals surface area contributed by atoms with E-state index in [1.165, 1.54) is 5.56 Å². The fourth-order valence-electron chi connectivity index (χ4n) is 3.28. The number of hydrogen-bond acceptors (Lipinski definition) is 5. The molecule has 0 unspecified atom stereocenters.